The highest BCUT2D eigenvalue weighted by molar-refractivity contribution is 5.42. The van der Waals surface area contributed by atoms with Gasteiger partial charge in [0.05, 0.1) is 14.2 Å². The van der Waals surface area contributed by atoms with Crippen LogP contribution in [0.25, 0.3) is 0 Å². The maximum atomic E-state index is 5.78. The van der Waals surface area contributed by atoms with Gasteiger partial charge in [-0.2, -0.15) is 0 Å². The average Bonchev–Trinajstić information content (AvgIpc) is 3.28. The first kappa shape index (κ1) is 12.1. The molecule has 0 bridgehead atoms. The van der Waals surface area contributed by atoms with Gasteiger partial charge in [0.15, 0.2) is 0 Å². The van der Waals surface area contributed by atoms with E-state index in [1.54, 1.807) is 14.2 Å². The van der Waals surface area contributed by atoms with E-state index in [0.29, 0.717) is 0 Å². The van der Waals surface area contributed by atoms with Crippen LogP contribution in [0.15, 0.2) is 48.5 Å². The SMILES string of the molecule is COc1cc(OC)cc(C2OC2c2ccccc2)c1. The van der Waals surface area contributed by atoms with E-state index in [1.165, 1.54) is 5.56 Å². The molecule has 0 saturated carbocycles. The van der Waals surface area contributed by atoms with Gasteiger partial charge >= 0.3 is 0 Å². The zero-order valence-corrected chi connectivity index (χ0v) is 11.0. The van der Waals surface area contributed by atoms with E-state index in [-0.39, 0.29) is 12.2 Å². The molecular formula is C16H16O3. The van der Waals surface area contributed by atoms with E-state index in [2.05, 4.69) is 12.1 Å². The monoisotopic (exact) mass is 256 g/mol. The van der Waals surface area contributed by atoms with Crippen molar-refractivity contribution in [3.63, 3.8) is 0 Å². The van der Waals surface area contributed by atoms with Gasteiger partial charge in [-0.15, -0.1) is 0 Å². The minimum Gasteiger partial charge on any atom is -0.497 e. The number of ether oxygens (including phenoxy) is 3. The van der Waals surface area contributed by atoms with Crippen molar-refractivity contribution in [2.45, 2.75) is 12.2 Å². The van der Waals surface area contributed by atoms with E-state index < -0.39 is 0 Å². The first-order valence-corrected chi connectivity index (χ1v) is 6.25. The summed E-state index contributed by atoms with van der Waals surface area (Å²) in [5, 5.41) is 0. The molecule has 0 amide bonds. The van der Waals surface area contributed by atoms with Crippen LogP contribution in [0.5, 0.6) is 11.5 Å². The van der Waals surface area contributed by atoms with Crippen molar-refractivity contribution in [2.24, 2.45) is 0 Å². The summed E-state index contributed by atoms with van der Waals surface area (Å²) in [7, 11) is 3.31. The molecule has 3 heteroatoms. The molecule has 3 nitrogen and oxygen atoms in total. The molecular weight excluding hydrogens is 240 g/mol. The zero-order chi connectivity index (χ0) is 13.2. The summed E-state index contributed by atoms with van der Waals surface area (Å²) in [6, 6.07) is 16.1. The summed E-state index contributed by atoms with van der Waals surface area (Å²) >= 11 is 0. The average molecular weight is 256 g/mol. The summed E-state index contributed by atoms with van der Waals surface area (Å²) in [4.78, 5) is 0. The Morgan fingerprint density at radius 2 is 1.37 bits per heavy atom. The molecule has 1 saturated heterocycles. The molecule has 98 valence electrons. The molecule has 2 aromatic carbocycles. The fraction of sp³-hybridized carbons (Fsp3) is 0.250. The van der Waals surface area contributed by atoms with Crippen LogP contribution in [0.2, 0.25) is 0 Å². The number of methoxy groups -OCH3 is 2. The summed E-state index contributed by atoms with van der Waals surface area (Å²) in [5.74, 6) is 1.58. The second-order valence-electron chi connectivity index (χ2n) is 4.53. The normalized spacial score (nSPS) is 20.9. The third kappa shape index (κ3) is 2.42. The van der Waals surface area contributed by atoms with Crippen LogP contribution < -0.4 is 9.47 Å². The number of rotatable bonds is 4. The van der Waals surface area contributed by atoms with Crippen molar-refractivity contribution < 1.29 is 14.2 Å². The second-order valence-corrected chi connectivity index (χ2v) is 4.53. The first-order valence-electron chi connectivity index (χ1n) is 6.25. The van der Waals surface area contributed by atoms with Crippen LogP contribution in [0, 0.1) is 0 Å². The maximum absolute atomic E-state index is 5.78. The van der Waals surface area contributed by atoms with E-state index in [0.717, 1.165) is 17.1 Å². The Morgan fingerprint density at radius 1 is 0.789 bits per heavy atom. The summed E-state index contributed by atoms with van der Waals surface area (Å²) in [6.45, 7) is 0. The highest BCUT2D eigenvalue weighted by atomic mass is 16.6. The van der Waals surface area contributed by atoms with Crippen LogP contribution in [-0.2, 0) is 4.74 Å². The highest BCUT2D eigenvalue weighted by Crippen LogP contribution is 2.51. The Labute approximate surface area is 112 Å². The predicted molar refractivity (Wildman–Crippen MR) is 72.6 cm³/mol. The summed E-state index contributed by atoms with van der Waals surface area (Å²) < 4.78 is 16.3. The Kier molecular flexibility index (Phi) is 3.13. The van der Waals surface area contributed by atoms with Gasteiger partial charge in [0.2, 0.25) is 0 Å². The van der Waals surface area contributed by atoms with Gasteiger partial charge < -0.3 is 14.2 Å². The molecule has 2 aromatic rings. The molecule has 2 unspecified atom stereocenters. The topological polar surface area (TPSA) is 31.0 Å². The van der Waals surface area contributed by atoms with Gasteiger partial charge in [0.1, 0.15) is 23.7 Å². The number of hydrogen-bond donors (Lipinski definition) is 0. The highest BCUT2D eigenvalue weighted by Gasteiger charge is 2.41. The molecule has 0 aromatic heterocycles. The molecule has 0 radical (unpaired) electrons. The molecule has 0 spiro atoms. The van der Waals surface area contributed by atoms with Crippen molar-refractivity contribution >= 4 is 0 Å². The molecule has 3 rings (SSSR count). The molecule has 1 aliphatic heterocycles. The van der Waals surface area contributed by atoms with E-state index in [1.807, 2.05) is 36.4 Å². The summed E-state index contributed by atoms with van der Waals surface area (Å²) in [5.41, 5.74) is 2.29. The van der Waals surface area contributed by atoms with Crippen molar-refractivity contribution in [1.82, 2.24) is 0 Å². The van der Waals surface area contributed by atoms with Crippen molar-refractivity contribution in [2.75, 3.05) is 14.2 Å². The molecule has 19 heavy (non-hydrogen) atoms. The smallest absolute Gasteiger partial charge is 0.122 e. The lowest BCUT2D eigenvalue weighted by Gasteiger charge is -2.06. The second kappa shape index (κ2) is 4.94. The number of hydrogen-bond acceptors (Lipinski definition) is 3. The Morgan fingerprint density at radius 3 is 1.95 bits per heavy atom. The zero-order valence-electron chi connectivity index (χ0n) is 11.0. The van der Waals surface area contributed by atoms with Crippen LogP contribution >= 0.6 is 0 Å². The lowest BCUT2D eigenvalue weighted by molar-refractivity contribution is 0.372. The fourth-order valence-corrected chi connectivity index (χ4v) is 2.26. The molecule has 1 fully saturated rings. The van der Waals surface area contributed by atoms with Crippen LogP contribution in [0.4, 0.5) is 0 Å². The van der Waals surface area contributed by atoms with Crippen LogP contribution in [-0.4, -0.2) is 14.2 Å². The fourth-order valence-electron chi connectivity index (χ4n) is 2.26. The van der Waals surface area contributed by atoms with Crippen LogP contribution in [0.1, 0.15) is 23.3 Å². The van der Waals surface area contributed by atoms with Gasteiger partial charge in [-0.25, -0.2) is 0 Å². The Hall–Kier alpha value is -2.00. The predicted octanol–water partition coefficient (Wildman–Crippen LogP) is 3.52. The number of epoxide rings is 1. The van der Waals surface area contributed by atoms with Gasteiger partial charge in [-0.05, 0) is 23.3 Å². The van der Waals surface area contributed by atoms with Gasteiger partial charge in [-0.1, -0.05) is 30.3 Å². The Balaban J connectivity index is 1.85. The third-order valence-electron chi connectivity index (χ3n) is 3.32. The van der Waals surface area contributed by atoms with E-state index in [9.17, 15) is 0 Å². The maximum Gasteiger partial charge on any atom is 0.122 e. The minimum atomic E-state index is 0.0893. The van der Waals surface area contributed by atoms with Crippen molar-refractivity contribution in [3.05, 3.63) is 59.7 Å². The van der Waals surface area contributed by atoms with E-state index >= 15 is 0 Å². The van der Waals surface area contributed by atoms with Gasteiger partial charge in [0.25, 0.3) is 0 Å². The molecule has 1 aliphatic rings. The lowest BCUT2D eigenvalue weighted by atomic mass is 10.0. The Bertz CT molecular complexity index is 543. The van der Waals surface area contributed by atoms with E-state index in [4.69, 9.17) is 14.2 Å². The van der Waals surface area contributed by atoms with Crippen molar-refractivity contribution in [3.8, 4) is 11.5 Å². The first-order chi connectivity index (χ1) is 9.31. The lowest BCUT2D eigenvalue weighted by Crippen LogP contribution is -1.91. The van der Waals surface area contributed by atoms with Gasteiger partial charge in [0, 0.05) is 6.07 Å². The minimum absolute atomic E-state index is 0.0893. The van der Waals surface area contributed by atoms with Crippen LogP contribution in [0.3, 0.4) is 0 Å². The molecule has 0 aliphatic carbocycles. The quantitative estimate of drug-likeness (QED) is 0.784. The summed E-state index contributed by atoms with van der Waals surface area (Å²) in [6.07, 6.45) is 0.226. The van der Waals surface area contributed by atoms with Gasteiger partial charge in [-0.3, -0.25) is 0 Å². The third-order valence-corrected chi connectivity index (χ3v) is 3.32. The molecule has 1 heterocycles. The molecule has 0 N–H and O–H groups in total. The number of benzene rings is 2. The largest absolute Gasteiger partial charge is 0.497 e. The van der Waals surface area contributed by atoms with Crippen molar-refractivity contribution in [1.29, 1.82) is 0 Å². The standard InChI is InChI=1S/C16H16O3/c1-17-13-8-12(9-14(10-13)18-2)16-15(19-16)11-6-4-3-5-7-11/h3-10,15-16H,1-2H3. The molecule has 2 atom stereocenters.